The lowest BCUT2D eigenvalue weighted by molar-refractivity contribution is -0.147. The van der Waals surface area contributed by atoms with Gasteiger partial charge in [0, 0.05) is 0 Å². The van der Waals surface area contributed by atoms with Crippen molar-refractivity contribution in [3.63, 3.8) is 0 Å². The molecule has 0 aromatic heterocycles. The molecule has 3 aromatic carbocycles. The van der Waals surface area contributed by atoms with Crippen molar-refractivity contribution in [1.82, 2.24) is 0 Å². The van der Waals surface area contributed by atoms with E-state index >= 15 is 0 Å². The highest BCUT2D eigenvalue weighted by atomic mass is 16.6. The fourth-order valence-corrected chi connectivity index (χ4v) is 2.63. The van der Waals surface area contributed by atoms with Crippen molar-refractivity contribution in [2.75, 3.05) is 7.11 Å². The molecule has 23 heavy (non-hydrogen) atoms. The molecule has 1 atom stereocenters. The largest absolute Gasteiger partial charge is 0.479 e. The Morgan fingerprint density at radius 3 is 2.39 bits per heavy atom. The molecule has 0 N–H and O–H groups in total. The van der Waals surface area contributed by atoms with Crippen molar-refractivity contribution in [3.8, 4) is 16.9 Å². The first kappa shape index (κ1) is 15.1. The van der Waals surface area contributed by atoms with Crippen LogP contribution in [0.1, 0.15) is 6.92 Å². The molecule has 0 unspecified atom stereocenters. The molecule has 0 heterocycles. The van der Waals surface area contributed by atoms with Gasteiger partial charge in [-0.05, 0) is 41.0 Å². The van der Waals surface area contributed by atoms with E-state index in [0.29, 0.717) is 5.75 Å². The van der Waals surface area contributed by atoms with Crippen LogP contribution in [0, 0.1) is 0 Å². The van der Waals surface area contributed by atoms with Crippen LogP contribution in [0.5, 0.6) is 5.75 Å². The summed E-state index contributed by atoms with van der Waals surface area (Å²) in [6.07, 6.45) is -0.648. The minimum absolute atomic E-state index is 0.389. The van der Waals surface area contributed by atoms with E-state index in [0.717, 1.165) is 21.9 Å². The molecule has 0 saturated heterocycles. The maximum absolute atomic E-state index is 11.6. The van der Waals surface area contributed by atoms with Crippen LogP contribution < -0.4 is 4.74 Å². The fraction of sp³-hybridized carbons (Fsp3) is 0.150. The third-order valence-electron chi connectivity index (χ3n) is 3.77. The number of rotatable bonds is 4. The summed E-state index contributed by atoms with van der Waals surface area (Å²) >= 11 is 0. The highest BCUT2D eigenvalue weighted by molar-refractivity contribution is 5.98. The standard InChI is InChI=1S/C20H18O3/c1-14(20(21)22-2)23-17-12-16-10-6-7-11-18(16)19(13-17)15-8-4-3-5-9-15/h3-14H,1-2H3/t14-/m1/s1. The Morgan fingerprint density at radius 1 is 0.957 bits per heavy atom. The first-order chi connectivity index (χ1) is 11.2. The predicted octanol–water partition coefficient (Wildman–Crippen LogP) is 4.45. The van der Waals surface area contributed by atoms with E-state index < -0.39 is 6.10 Å². The van der Waals surface area contributed by atoms with Gasteiger partial charge in [0.1, 0.15) is 5.75 Å². The van der Waals surface area contributed by atoms with Crippen molar-refractivity contribution in [1.29, 1.82) is 0 Å². The molecular weight excluding hydrogens is 288 g/mol. The van der Waals surface area contributed by atoms with Crippen LogP contribution in [0.2, 0.25) is 0 Å². The summed E-state index contributed by atoms with van der Waals surface area (Å²) in [7, 11) is 1.36. The highest BCUT2D eigenvalue weighted by Crippen LogP contribution is 2.33. The van der Waals surface area contributed by atoms with Gasteiger partial charge in [-0.2, -0.15) is 0 Å². The number of ether oxygens (including phenoxy) is 2. The third kappa shape index (κ3) is 3.19. The summed E-state index contributed by atoms with van der Waals surface area (Å²) in [6.45, 7) is 1.68. The summed E-state index contributed by atoms with van der Waals surface area (Å²) in [5.74, 6) is 0.264. The predicted molar refractivity (Wildman–Crippen MR) is 91.5 cm³/mol. The number of hydrogen-bond acceptors (Lipinski definition) is 3. The van der Waals surface area contributed by atoms with E-state index in [1.54, 1.807) is 6.92 Å². The third-order valence-corrected chi connectivity index (χ3v) is 3.77. The summed E-state index contributed by atoms with van der Waals surface area (Å²) in [6, 6.07) is 22.2. The summed E-state index contributed by atoms with van der Waals surface area (Å²) < 4.78 is 10.5. The van der Waals surface area contributed by atoms with Gasteiger partial charge in [0.15, 0.2) is 6.10 Å². The van der Waals surface area contributed by atoms with E-state index in [4.69, 9.17) is 9.47 Å². The Morgan fingerprint density at radius 2 is 1.65 bits per heavy atom. The van der Waals surface area contributed by atoms with E-state index in [9.17, 15) is 4.79 Å². The monoisotopic (exact) mass is 306 g/mol. The Bertz CT molecular complexity index is 825. The van der Waals surface area contributed by atoms with Crippen LogP contribution in [0.15, 0.2) is 66.7 Å². The van der Waals surface area contributed by atoms with Gasteiger partial charge in [-0.25, -0.2) is 4.79 Å². The van der Waals surface area contributed by atoms with Crippen molar-refractivity contribution < 1.29 is 14.3 Å². The zero-order valence-electron chi connectivity index (χ0n) is 13.2. The molecule has 0 saturated carbocycles. The van der Waals surface area contributed by atoms with Crippen molar-refractivity contribution >= 4 is 16.7 Å². The molecule has 3 rings (SSSR count). The summed E-state index contributed by atoms with van der Waals surface area (Å²) in [5.41, 5.74) is 2.19. The Balaban J connectivity index is 2.09. The topological polar surface area (TPSA) is 35.5 Å². The molecule has 0 aliphatic carbocycles. The first-order valence-corrected chi connectivity index (χ1v) is 7.52. The van der Waals surface area contributed by atoms with E-state index in [-0.39, 0.29) is 5.97 Å². The lowest BCUT2D eigenvalue weighted by atomic mass is 9.98. The number of carbonyl (C=O) groups is 1. The molecule has 0 fully saturated rings. The van der Waals surface area contributed by atoms with Crippen LogP contribution in [0.25, 0.3) is 21.9 Å². The SMILES string of the molecule is COC(=O)[C@@H](C)Oc1cc(-c2ccccc2)c2ccccc2c1. The molecule has 3 aromatic rings. The number of fused-ring (bicyclic) bond motifs is 1. The number of carbonyl (C=O) groups excluding carboxylic acids is 1. The van der Waals surface area contributed by atoms with Crippen LogP contribution in [0.3, 0.4) is 0 Å². The Hall–Kier alpha value is -2.81. The van der Waals surface area contributed by atoms with Crippen LogP contribution in [-0.2, 0) is 9.53 Å². The van der Waals surface area contributed by atoms with Crippen molar-refractivity contribution in [2.45, 2.75) is 13.0 Å². The number of methoxy groups -OCH3 is 1. The number of esters is 1. The molecule has 116 valence electrons. The van der Waals surface area contributed by atoms with E-state index in [1.807, 2.05) is 48.5 Å². The average Bonchev–Trinajstić information content (AvgIpc) is 2.61. The maximum Gasteiger partial charge on any atom is 0.346 e. The fourth-order valence-electron chi connectivity index (χ4n) is 2.63. The molecule has 0 aliphatic rings. The van der Waals surface area contributed by atoms with Gasteiger partial charge in [-0.15, -0.1) is 0 Å². The maximum atomic E-state index is 11.6. The number of hydrogen-bond donors (Lipinski definition) is 0. The minimum atomic E-state index is -0.648. The van der Waals surface area contributed by atoms with Crippen LogP contribution >= 0.6 is 0 Å². The molecule has 3 nitrogen and oxygen atoms in total. The lowest BCUT2D eigenvalue weighted by Crippen LogP contribution is -2.24. The van der Waals surface area contributed by atoms with Crippen LogP contribution in [0.4, 0.5) is 0 Å². The van der Waals surface area contributed by atoms with Crippen molar-refractivity contribution in [2.24, 2.45) is 0 Å². The quantitative estimate of drug-likeness (QED) is 0.668. The van der Waals surface area contributed by atoms with Gasteiger partial charge in [0.25, 0.3) is 0 Å². The van der Waals surface area contributed by atoms with Gasteiger partial charge in [0.05, 0.1) is 7.11 Å². The Labute approximate surface area is 135 Å². The molecule has 0 radical (unpaired) electrons. The van der Waals surface area contributed by atoms with Gasteiger partial charge < -0.3 is 9.47 Å². The zero-order valence-corrected chi connectivity index (χ0v) is 13.2. The molecule has 0 amide bonds. The normalized spacial score (nSPS) is 11.9. The second kappa shape index (κ2) is 6.53. The highest BCUT2D eigenvalue weighted by Gasteiger charge is 2.16. The Kier molecular flexibility index (Phi) is 4.29. The lowest BCUT2D eigenvalue weighted by Gasteiger charge is -2.15. The second-order valence-electron chi connectivity index (χ2n) is 5.34. The average molecular weight is 306 g/mol. The molecule has 0 bridgehead atoms. The van der Waals surface area contributed by atoms with Gasteiger partial charge in [-0.3, -0.25) is 0 Å². The second-order valence-corrected chi connectivity index (χ2v) is 5.34. The summed E-state index contributed by atoms with van der Waals surface area (Å²) in [4.78, 5) is 11.6. The smallest absolute Gasteiger partial charge is 0.346 e. The molecular formula is C20H18O3. The molecule has 3 heteroatoms. The first-order valence-electron chi connectivity index (χ1n) is 7.52. The van der Waals surface area contributed by atoms with Gasteiger partial charge in [-0.1, -0.05) is 54.6 Å². The minimum Gasteiger partial charge on any atom is -0.479 e. The van der Waals surface area contributed by atoms with Gasteiger partial charge in [0.2, 0.25) is 0 Å². The molecule has 0 spiro atoms. The van der Waals surface area contributed by atoms with Crippen LogP contribution in [-0.4, -0.2) is 19.2 Å². The summed E-state index contributed by atoms with van der Waals surface area (Å²) in [5, 5.41) is 2.22. The zero-order chi connectivity index (χ0) is 16.2. The number of benzene rings is 3. The van der Waals surface area contributed by atoms with E-state index in [2.05, 4.69) is 18.2 Å². The van der Waals surface area contributed by atoms with Gasteiger partial charge >= 0.3 is 5.97 Å². The van der Waals surface area contributed by atoms with E-state index in [1.165, 1.54) is 7.11 Å². The van der Waals surface area contributed by atoms with Crippen molar-refractivity contribution in [3.05, 3.63) is 66.7 Å². The molecule has 0 aliphatic heterocycles.